The van der Waals surface area contributed by atoms with Gasteiger partial charge in [0.1, 0.15) is 0 Å². The summed E-state index contributed by atoms with van der Waals surface area (Å²) in [7, 11) is 0. The molecule has 0 spiro atoms. The molecule has 0 aliphatic rings. The number of benzene rings is 1. The fourth-order valence-corrected chi connectivity index (χ4v) is 1.38. The number of halogens is 2. The second kappa shape index (κ2) is 5.56. The molecular weight excluding hydrogens is 281 g/mol. The Morgan fingerprint density at radius 2 is 2.07 bits per heavy atom. The van der Waals surface area contributed by atoms with Crippen LogP contribution in [-0.4, -0.2) is 6.29 Å². The molecule has 1 aromatic carbocycles. The lowest BCUT2D eigenvalue weighted by atomic mass is 10.2. The fourth-order valence-electron chi connectivity index (χ4n) is 0.911. The van der Waals surface area contributed by atoms with Crippen LogP contribution in [0.4, 0.5) is 0 Å². The van der Waals surface area contributed by atoms with Crippen LogP contribution < -0.4 is 0 Å². The molecule has 6 heteroatoms. The molecule has 0 saturated heterocycles. The number of carbonyl (C=O) groups excluding carboxylic acids is 1. The van der Waals surface area contributed by atoms with E-state index in [9.17, 15) is 4.79 Å². The van der Waals surface area contributed by atoms with Crippen LogP contribution >= 0.6 is 27.5 Å². The number of carbonyl (C=O) groups is 1. The second-order valence-corrected chi connectivity index (χ2v) is 3.81. The Bertz CT molecular complexity index is 449. The van der Waals surface area contributed by atoms with Gasteiger partial charge >= 0.3 is 0 Å². The summed E-state index contributed by atoms with van der Waals surface area (Å²) in [5, 5.41) is 3.32. The van der Waals surface area contributed by atoms with E-state index < -0.39 is 0 Å². The van der Waals surface area contributed by atoms with Gasteiger partial charge in [-0.15, -0.1) is 0 Å². The molecule has 0 radical (unpaired) electrons. The molecule has 0 unspecified atom stereocenters. The highest BCUT2D eigenvalue weighted by molar-refractivity contribution is 9.10. The van der Waals surface area contributed by atoms with E-state index in [-0.39, 0.29) is 10.7 Å². The Kier molecular flexibility index (Phi) is 4.37. The molecule has 0 amide bonds. The molecule has 0 fully saturated rings. The van der Waals surface area contributed by atoms with Gasteiger partial charge in [-0.1, -0.05) is 44.8 Å². The summed E-state index contributed by atoms with van der Waals surface area (Å²) in [6, 6.07) is 6.97. The van der Waals surface area contributed by atoms with Crippen LogP contribution in [0.2, 0.25) is 0 Å². The molecule has 0 N–H and O–H groups in total. The normalized spacial score (nSPS) is 11.3. The van der Waals surface area contributed by atoms with Crippen molar-refractivity contribution in [1.29, 1.82) is 0 Å². The first-order valence-electron chi connectivity index (χ1n) is 3.85. The van der Waals surface area contributed by atoms with Gasteiger partial charge in [0.05, 0.1) is 10.7 Å². The van der Waals surface area contributed by atoms with Gasteiger partial charge in [-0.25, -0.2) is 0 Å². The standard InChI is InChI=1S/C9H5BrClN3O/c10-7-3-1-6(2-4-7)9(11)8(5-15)13-14-12/h1-5H/b9-8+. The smallest absolute Gasteiger partial charge is 0.153 e. The van der Waals surface area contributed by atoms with E-state index in [0.717, 1.165) is 4.47 Å². The van der Waals surface area contributed by atoms with Crippen molar-refractivity contribution in [1.82, 2.24) is 0 Å². The first-order chi connectivity index (χ1) is 7.19. The molecule has 0 heterocycles. The van der Waals surface area contributed by atoms with E-state index in [1.807, 2.05) is 0 Å². The number of azide groups is 1. The average molecular weight is 287 g/mol. The highest BCUT2D eigenvalue weighted by Crippen LogP contribution is 2.24. The van der Waals surface area contributed by atoms with Gasteiger partial charge in [-0.2, -0.15) is 0 Å². The summed E-state index contributed by atoms with van der Waals surface area (Å²) in [6.07, 6.45) is 0.421. The number of allylic oxidation sites excluding steroid dienone is 1. The van der Waals surface area contributed by atoms with Gasteiger partial charge < -0.3 is 0 Å². The van der Waals surface area contributed by atoms with Gasteiger partial charge in [0, 0.05) is 9.38 Å². The molecule has 76 valence electrons. The van der Waals surface area contributed by atoms with E-state index >= 15 is 0 Å². The number of hydrogen-bond donors (Lipinski definition) is 0. The lowest BCUT2D eigenvalue weighted by molar-refractivity contribution is -0.104. The zero-order valence-electron chi connectivity index (χ0n) is 7.39. The molecule has 1 aromatic rings. The molecule has 0 aliphatic carbocycles. The minimum absolute atomic E-state index is 0.124. The van der Waals surface area contributed by atoms with Gasteiger partial charge in [0.2, 0.25) is 0 Å². The molecule has 0 saturated carbocycles. The van der Waals surface area contributed by atoms with E-state index in [1.54, 1.807) is 24.3 Å². The maximum absolute atomic E-state index is 10.6. The lowest BCUT2D eigenvalue weighted by Crippen LogP contribution is -1.84. The summed E-state index contributed by atoms with van der Waals surface area (Å²) >= 11 is 9.14. The average Bonchev–Trinajstić information content (AvgIpc) is 2.26. The Balaban J connectivity index is 3.21. The Morgan fingerprint density at radius 1 is 1.47 bits per heavy atom. The minimum Gasteiger partial charge on any atom is -0.298 e. The van der Waals surface area contributed by atoms with Crippen molar-refractivity contribution in [3.05, 3.63) is 50.4 Å². The first-order valence-corrected chi connectivity index (χ1v) is 5.02. The van der Waals surface area contributed by atoms with Crippen LogP contribution in [-0.2, 0) is 4.79 Å². The Hall–Kier alpha value is -1.29. The van der Waals surface area contributed by atoms with E-state index in [1.165, 1.54) is 0 Å². The topological polar surface area (TPSA) is 65.8 Å². The molecule has 0 atom stereocenters. The summed E-state index contributed by atoms with van der Waals surface area (Å²) in [6.45, 7) is 0. The fraction of sp³-hybridized carbons (Fsp3) is 0. The Labute approximate surface area is 99.3 Å². The lowest BCUT2D eigenvalue weighted by Gasteiger charge is -2.00. The summed E-state index contributed by atoms with van der Waals surface area (Å²) in [5.74, 6) is 0. The predicted molar refractivity (Wildman–Crippen MR) is 62.1 cm³/mol. The summed E-state index contributed by atoms with van der Waals surface area (Å²) < 4.78 is 0.896. The molecule has 0 aliphatic heterocycles. The van der Waals surface area contributed by atoms with E-state index in [2.05, 4.69) is 26.0 Å². The van der Waals surface area contributed by atoms with E-state index in [4.69, 9.17) is 17.1 Å². The SMILES string of the molecule is [N-]=[N+]=N/C(C=O)=C(/Cl)c1ccc(Br)cc1. The highest BCUT2D eigenvalue weighted by atomic mass is 79.9. The van der Waals surface area contributed by atoms with Crippen LogP contribution in [0.5, 0.6) is 0 Å². The monoisotopic (exact) mass is 285 g/mol. The molecule has 15 heavy (non-hydrogen) atoms. The van der Waals surface area contributed by atoms with E-state index in [0.29, 0.717) is 11.8 Å². The molecule has 1 rings (SSSR count). The number of rotatable bonds is 3. The number of aldehydes is 1. The molecule has 4 nitrogen and oxygen atoms in total. The third kappa shape index (κ3) is 3.09. The largest absolute Gasteiger partial charge is 0.298 e. The van der Waals surface area contributed by atoms with Crippen molar-refractivity contribution in [2.24, 2.45) is 5.11 Å². The summed E-state index contributed by atoms with van der Waals surface area (Å²) in [5.41, 5.74) is 8.70. The van der Waals surface area contributed by atoms with Crippen molar-refractivity contribution < 1.29 is 4.79 Å². The van der Waals surface area contributed by atoms with Gasteiger partial charge in [-0.05, 0) is 23.2 Å². The van der Waals surface area contributed by atoms with Crippen LogP contribution in [0, 0.1) is 0 Å². The Morgan fingerprint density at radius 3 is 2.53 bits per heavy atom. The van der Waals surface area contributed by atoms with Crippen LogP contribution in [0.25, 0.3) is 15.5 Å². The van der Waals surface area contributed by atoms with Crippen molar-refractivity contribution >= 4 is 38.8 Å². The molecular formula is C9H5BrClN3O. The maximum atomic E-state index is 10.6. The minimum atomic E-state index is -0.124. The van der Waals surface area contributed by atoms with Crippen molar-refractivity contribution in [2.45, 2.75) is 0 Å². The highest BCUT2D eigenvalue weighted by Gasteiger charge is 2.04. The first kappa shape index (κ1) is 11.8. The number of hydrogen-bond acceptors (Lipinski definition) is 2. The zero-order chi connectivity index (χ0) is 11.3. The van der Waals surface area contributed by atoms with Crippen LogP contribution in [0.3, 0.4) is 0 Å². The van der Waals surface area contributed by atoms with Crippen molar-refractivity contribution in [3.8, 4) is 0 Å². The van der Waals surface area contributed by atoms with Gasteiger partial charge in [0.25, 0.3) is 0 Å². The maximum Gasteiger partial charge on any atom is 0.153 e. The van der Waals surface area contributed by atoms with Crippen LogP contribution in [0.1, 0.15) is 5.56 Å². The predicted octanol–water partition coefficient (Wildman–Crippen LogP) is 3.87. The van der Waals surface area contributed by atoms with Gasteiger partial charge in [0.15, 0.2) is 6.29 Å². The third-order valence-corrected chi connectivity index (χ3v) is 2.53. The van der Waals surface area contributed by atoms with Gasteiger partial charge in [-0.3, -0.25) is 4.79 Å². The second-order valence-electron chi connectivity index (χ2n) is 2.51. The summed E-state index contributed by atoms with van der Waals surface area (Å²) in [4.78, 5) is 13.1. The van der Waals surface area contributed by atoms with Crippen molar-refractivity contribution in [2.75, 3.05) is 0 Å². The molecule has 0 aromatic heterocycles. The number of nitrogens with zero attached hydrogens (tertiary/aromatic N) is 3. The quantitative estimate of drug-likeness (QED) is 0.273. The molecule has 0 bridgehead atoms. The third-order valence-electron chi connectivity index (χ3n) is 1.59. The zero-order valence-corrected chi connectivity index (χ0v) is 9.73. The van der Waals surface area contributed by atoms with Crippen molar-refractivity contribution in [3.63, 3.8) is 0 Å². The van der Waals surface area contributed by atoms with Crippen LogP contribution in [0.15, 0.2) is 39.5 Å².